The van der Waals surface area contributed by atoms with Gasteiger partial charge in [-0.1, -0.05) is 44.9 Å². The molecular weight excluding hydrogens is 230 g/mol. The van der Waals surface area contributed by atoms with Gasteiger partial charge in [-0.25, -0.2) is 0 Å². The molecule has 1 aliphatic rings. The SMILES string of the molecule is Cc1ccc(CC2(C(C)C)CCCCCN2)cc1C. The Morgan fingerprint density at radius 1 is 1.11 bits per heavy atom. The van der Waals surface area contributed by atoms with Crippen molar-refractivity contribution in [3.05, 3.63) is 34.9 Å². The van der Waals surface area contributed by atoms with Gasteiger partial charge in [0.25, 0.3) is 0 Å². The molecule has 1 heterocycles. The number of aryl methyl sites for hydroxylation is 2. The van der Waals surface area contributed by atoms with Crippen molar-refractivity contribution >= 4 is 0 Å². The molecule has 1 nitrogen and oxygen atoms in total. The second-order valence-electron chi connectivity index (χ2n) is 6.64. The van der Waals surface area contributed by atoms with Crippen LogP contribution in [0.3, 0.4) is 0 Å². The molecule has 1 aliphatic heterocycles. The Labute approximate surface area is 118 Å². The summed E-state index contributed by atoms with van der Waals surface area (Å²) in [6, 6.07) is 6.97. The van der Waals surface area contributed by atoms with Crippen LogP contribution in [0.1, 0.15) is 56.2 Å². The first-order valence-electron chi connectivity index (χ1n) is 7.85. The van der Waals surface area contributed by atoms with Gasteiger partial charge in [0.05, 0.1) is 0 Å². The van der Waals surface area contributed by atoms with Crippen molar-refractivity contribution in [2.75, 3.05) is 6.54 Å². The lowest BCUT2D eigenvalue weighted by Gasteiger charge is -2.38. The monoisotopic (exact) mass is 259 g/mol. The van der Waals surface area contributed by atoms with Crippen molar-refractivity contribution in [2.24, 2.45) is 5.92 Å². The molecule has 1 atom stereocenters. The van der Waals surface area contributed by atoms with E-state index in [0.29, 0.717) is 11.5 Å². The minimum absolute atomic E-state index is 0.304. The molecule has 1 heteroatoms. The number of nitrogens with one attached hydrogen (secondary N) is 1. The fourth-order valence-corrected chi connectivity index (χ4v) is 3.29. The van der Waals surface area contributed by atoms with Gasteiger partial charge in [0, 0.05) is 5.54 Å². The summed E-state index contributed by atoms with van der Waals surface area (Å²) in [5, 5.41) is 3.88. The largest absolute Gasteiger partial charge is 0.311 e. The van der Waals surface area contributed by atoms with Crippen molar-refractivity contribution in [2.45, 2.75) is 65.3 Å². The maximum Gasteiger partial charge on any atom is 0.0244 e. The van der Waals surface area contributed by atoms with E-state index in [2.05, 4.69) is 51.2 Å². The van der Waals surface area contributed by atoms with Crippen LogP contribution in [0.15, 0.2) is 18.2 Å². The molecule has 1 saturated heterocycles. The first-order chi connectivity index (χ1) is 9.03. The molecule has 1 aromatic carbocycles. The van der Waals surface area contributed by atoms with E-state index in [-0.39, 0.29) is 0 Å². The Morgan fingerprint density at radius 3 is 2.58 bits per heavy atom. The van der Waals surface area contributed by atoms with E-state index in [0.717, 1.165) is 0 Å². The van der Waals surface area contributed by atoms with Crippen LogP contribution in [0.2, 0.25) is 0 Å². The highest BCUT2D eigenvalue weighted by Crippen LogP contribution is 2.31. The molecule has 1 unspecified atom stereocenters. The highest BCUT2D eigenvalue weighted by atomic mass is 15.0. The fourth-order valence-electron chi connectivity index (χ4n) is 3.29. The van der Waals surface area contributed by atoms with Crippen LogP contribution in [0.25, 0.3) is 0 Å². The van der Waals surface area contributed by atoms with Gasteiger partial charge in [0.15, 0.2) is 0 Å². The Morgan fingerprint density at radius 2 is 1.89 bits per heavy atom. The molecule has 0 radical (unpaired) electrons. The average molecular weight is 259 g/mol. The van der Waals surface area contributed by atoms with E-state index >= 15 is 0 Å². The van der Waals surface area contributed by atoms with Gasteiger partial charge in [0.1, 0.15) is 0 Å². The maximum atomic E-state index is 3.88. The third-order valence-corrected chi connectivity index (χ3v) is 4.97. The second kappa shape index (κ2) is 6.09. The molecule has 2 rings (SSSR count). The summed E-state index contributed by atoms with van der Waals surface area (Å²) in [6.45, 7) is 10.4. The third kappa shape index (κ3) is 3.39. The predicted molar refractivity (Wildman–Crippen MR) is 83.7 cm³/mol. The minimum atomic E-state index is 0.304. The number of hydrogen-bond donors (Lipinski definition) is 1. The normalized spacial score (nSPS) is 24.5. The van der Waals surface area contributed by atoms with Crippen molar-refractivity contribution < 1.29 is 0 Å². The van der Waals surface area contributed by atoms with Gasteiger partial charge in [0.2, 0.25) is 0 Å². The van der Waals surface area contributed by atoms with Crippen molar-refractivity contribution in [1.82, 2.24) is 5.32 Å². The molecular formula is C18H29N. The first-order valence-corrected chi connectivity index (χ1v) is 7.85. The predicted octanol–water partition coefficient (Wildman–Crippen LogP) is 4.40. The third-order valence-electron chi connectivity index (χ3n) is 4.97. The summed E-state index contributed by atoms with van der Waals surface area (Å²) in [4.78, 5) is 0. The van der Waals surface area contributed by atoms with Crippen LogP contribution >= 0.6 is 0 Å². The highest BCUT2D eigenvalue weighted by molar-refractivity contribution is 5.31. The lowest BCUT2D eigenvalue weighted by Crippen LogP contribution is -2.51. The summed E-state index contributed by atoms with van der Waals surface area (Å²) >= 11 is 0. The lowest BCUT2D eigenvalue weighted by atomic mass is 9.77. The summed E-state index contributed by atoms with van der Waals surface area (Å²) < 4.78 is 0. The van der Waals surface area contributed by atoms with Crippen LogP contribution < -0.4 is 5.32 Å². The molecule has 106 valence electrons. The first kappa shape index (κ1) is 14.6. The standard InChI is InChI=1S/C18H29N/c1-14(2)18(10-6-5-7-11-19-18)13-17-9-8-15(3)16(4)12-17/h8-9,12,14,19H,5-7,10-11,13H2,1-4H3. The van der Waals surface area contributed by atoms with Crippen molar-refractivity contribution in [3.8, 4) is 0 Å². The minimum Gasteiger partial charge on any atom is -0.311 e. The quantitative estimate of drug-likeness (QED) is 0.848. The topological polar surface area (TPSA) is 12.0 Å². The van der Waals surface area contributed by atoms with Crippen LogP contribution in [-0.4, -0.2) is 12.1 Å². The molecule has 0 saturated carbocycles. The zero-order valence-electron chi connectivity index (χ0n) is 13.1. The maximum absolute atomic E-state index is 3.88. The molecule has 0 amide bonds. The molecule has 0 spiro atoms. The number of hydrogen-bond acceptors (Lipinski definition) is 1. The van der Waals surface area contributed by atoms with Crippen LogP contribution in [-0.2, 0) is 6.42 Å². The van der Waals surface area contributed by atoms with Crippen molar-refractivity contribution in [3.63, 3.8) is 0 Å². The Bertz CT molecular complexity index is 412. The van der Waals surface area contributed by atoms with E-state index in [1.54, 1.807) is 0 Å². The Hall–Kier alpha value is -0.820. The van der Waals surface area contributed by atoms with E-state index in [1.807, 2.05) is 0 Å². The van der Waals surface area contributed by atoms with Gasteiger partial charge in [-0.15, -0.1) is 0 Å². The Balaban J connectivity index is 2.22. The van der Waals surface area contributed by atoms with Gasteiger partial charge < -0.3 is 5.32 Å². The van der Waals surface area contributed by atoms with Gasteiger partial charge in [-0.3, -0.25) is 0 Å². The van der Waals surface area contributed by atoms with Crippen molar-refractivity contribution in [1.29, 1.82) is 0 Å². The van der Waals surface area contributed by atoms with E-state index in [1.165, 1.54) is 55.3 Å². The summed E-state index contributed by atoms with van der Waals surface area (Å²) in [6.07, 6.45) is 6.58. The Kier molecular flexibility index (Phi) is 4.67. The zero-order chi connectivity index (χ0) is 13.9. The average Bonchev–Trinajstić information content (AvgIpc) is 2.60. The number of benzene rings is 1. The summed E-state index contributed by atoms with van der Waals surface area (Å²) in [7, 11) is 0. The van der Waals surface area contributed by atoms with Crippen LogP contribution in [0, 0.1) is 19.8 Å². The van der Waals surface area contributed by atoms with E-state index in [4.69, 9.17) is 0 Å². The fraction of sp³-hybridized carbons (Fsp3) is 0.667. The molecule has 19 heavy (non-hydrogen) atoms. The summed E-state index contributed by atoms with van der Waals surface area (Å²) in [5.41, 5.74) is 4.62. The summed E-state index contributed by atoms with van der Waals surface area (Å²) in [5.74, 6) is 0.687. The number of rotatable bonds is 3. The van der Waals surface area contributed by atoms with Crippen LogP contribution in [0.4, 0.5) is 0 Å². The van der Waals surface area contributed by atoms with E-state index in [9.17, 15) is 0 Å². The van der Waals surface area contributed by atoms with Crippen LogP contribution in [0.5, 0.6) is 0 Å². The zero-order valence-corrected chi connectivity index (χ0v) is 13.1. The highest BCUT2D eigenvalue weighted by Gasteiger charge is 2.33. The van der Waals surface area contributed by atoms with Gasteiger partial charge >= 0.3 is 0 Å². The van der Waals surface area contributed by atoms with Gasteiger partial charge in [-0.2, -0.15) is 0 Å². The molecule has 1 fully saturated rings. The smallest absolute Gasteiger partial charge is 0.0244 e. The van der Waals surface area contributed by atoms with Gasteiger partial charge in [-0.05, 0) is 62.3 Å². The molecule has 1 aromatic rings. The lowest BCUT2D eigenvalue weighted by molar-refractivity contribution is 0.226. The van der Waals surface area contributed by atoms with E-state index < -0.39 is 0 Å². The molecule has 1 N–H and O–H groups in total. The molecule has 0 aromatic heterocycles. The molecule has 0 aliphatic carbocycles. The molecule has 0 bridgehead atoms. The second-order valence-corrected chi connectivity index (χ2v) is 6.64.